The Morgan fingerprint density at radius 2 is 1.68 bits per heavy atom. The monoisotopic (exact) mass is 495 g/mol. The lowest BCUT2D eigenvalue weighted by atomic mass is 9.59. The minimum Gasteiger partial charge on any atom is -0.507 e. The van der Waals surface area contributed by atoms with E-state index in [1.54, 1.807) is 6.92 Å². The quantitative estimate of drug-likeness (QED) is 0.350. The maximum atomic E-state index is 13.8. The molecule has 6 heteroatoms. The van der Waals surface area contributed by atoms with Gasteiger partial charge in [-0.15, -0.1) is 0 Å². The van der Waals surface area contributed by atoms with Gasteiger partial charge in [0.05, 0.1) is 11.8 Å². The third-order valence-corrected chi connectivity index (χ3v) is 8.48. The van der Waals surface area contributed by atoms with Crippen LogP contribution >= 0.6 is 0 Å². The van der Waals surface area contributed by atoms with Crippen LogP contribution in [0.25, 0.3) is 10.8 Å². The van der Waals surface area contributed by atoms with Crippen molar-refractivity contribution < 1.29 is 24.3 Å². The number of ketones is 2. The fourth-order valence-electron chi connectivity index (χ4n) is 6.90. The molecule has 1 N–H and O–H groups in total. The third kappa shape index (κ3) is 3.24. The van der Waals surface area contributed by atoms with Gasteiger partial charge in [0.1, 0.15) is 5.75 Å². The number of allylic oxidation sites excluding steroid dienone is 6. The molecule has 0 bridgehead atoms. The van der Waals surface area contributed by atoms with E-state index >= 15 is 0 Å². The molecule has 1 saturated heterocycles. The number of aromatic hydroxyl groups is 1. The number of imide groups is 1. The van der Waals surface area contributed by atoms with Crippen molar-refractivity contribution in [2.75, 3.05) is 0 Å². The summed E-state index contributed by atoms with van der Waals surface area (Å²) in [5, 5.41) is 12.9. The number of Topliss-reactive ketones (excluding diaryl/α,β-unsaturated/α-hetero) is 1. The summed E-state index contributed by atoms with van der Waals surface area (Å²) in [5.74, 6) is -2.92. The highest BCUT2D eigenvalue weighted by molar-refractivity contribution is 6.24. The van der Waals surface area contributed by atoms with Gasteiger partial charge in [0.25, 0.3) is 0 Å². The third-order valence-electron chi connectivity index (χ3n) is 8.48. The van der Waals surface area contributed by atoms with Crippen molar-refractivity contribution in [1.82, 2.24) is 4.90 Å². The molecule has 6 nitrogen and oxygen atoms in total. The Kier molecular flexibility index (Phi) is 5.00. The van der Waals surface area contributed by atoms with Gasteiger partial charge in [0.15, 0.2) is 11.6 Å². The van der Waals surface area contributed by atoms with Gasteiger partial charge in [-0.3, -0.25) is 24.1 Å². The Morgan fingerprint density at radius 3 is 2.41 bits per heavy atom. The molecular formula is C31H29NO5. The molecule has 188 valence electrons. The average molecular weight is 496 g/mol. The van der Waals surface area contributed by atoms with Crippen LogP contribution in [0.4, 0.5) is 0 Å². The first-order chi connectivity index (χ1) is 17.5. The SMILES string of the molecule is CC1=CC(=O)C2=C(C[C@@H]3C(=CC[C@@H]4C(=O)N(C(C)(C)C)C(=O)[C@@H]43)[C@@H]2c2ccc3ccccc3c2O)C1=O. The predicted octanol–water partition coefficient (Wildman–Crippen LogP) is 4.77. The molecule has 6 rings (SSSR count). The molecule has 0 unspecified atom stereocenters. The molecule has 0 saturated carbocycles. The Balaban J connectivity index is 1.57. The molecule has 37 heavy (non-hydrogen) atoms. The molecule has 4 atom stereocenters. The van der Waals surface area contributed by atoms with Crippen molar-refractivity contribution in [3.05, 3.63) is 76.4 Å². The van der Waals surface area contributed by atoms with E-state index in [-0.39, 0.29) is 35.6 Å². The second-order valence-electron chi connectivity index (χ2n) is 11.6. The predicted molar refractivity (Wildman–Crippen MR) is 139 cm³/mol. The number of carbonyl (C=O) groups excluding carboxylic acids is 4. The molecule has 0 aromatic heterocycles. The number of carbonyl (C=O) groups is 4. The lowest BCUT2D eigenvalue weighted by molar-refractivity contribution is -0.145. The van der Waals surface area contributed by atoms with Gasteiger partial charge in [-0.2, -0.15) is 0 Å². The molecule has 0 spiro atoms. The van der Waals surface area contributed by atoms with Crippen LogP contribution in [0, 0.1) is 17.8 Å². The van der Waals surface area contributed by atoms with Gasteiger partial charge in [-0.05, 0) is 57.9 Å². The van der Waals surface area contributed by atoms with Crippen molar-refractivity contribution in [3.63, 3.8) is 0 Å². The van der Waals surface area contributed by atoms with Crippen molar-refractivity contribution in [2.24, 2.45) is 17.8 Å². The zero-order chi connectivity index (χ0) is 26.4. The van der Waals surface area contributed by atoms with Crippen LogP contribution in [0.3, 0.4) is 0 Å². The summed E-state index contributed by atoms with van der Waals surface area (Å²) in [7, 11) is 0. The molecule has 2 amide bonds. The summed E-state index contributed by atoms with van der Waals surface area (Å²) in [6.45, 7) is 7.18. The molecule has 3 aliphatic carbocycles. The molecule has 1 aliphatic heterocycles. The van der Waals surface area contributed by atoms with Crippen LogP contribution in [0.1, 0.15) is 52.0 Å². The number of amides is 2. The van der Waals surface area contributed by atoms with E-state index in [1.165, 1.54) is 11.0 Å². The van der Waals surface area contributed by atoms with Gasteiger partial charge in [-0.1, -0.05) is 48.0 Å². The second-order valence-corrected chi connectivity index (χ2v) is 11.6. The molecule has 0 radical (unpaired) electrons. The smallest absolute Gasteiger partial charge is 0.234 e. The number of rotatable bonds is 1. The van der Waals surface area contributed by atoms with Crippen LogP contribution in [0.5, 0.6) is 5.75 Å². The van der Waals surface area contributed by atoms with Gasteiger partial charge in [-0.25, -0.2) is 0 Å². The number of hydrogen-bond acceptors (Lipinski definition) is 5. The van der Waals surface area contributed by atoms with Crippen LogP contribution in [-0.2, 0) is 19.2 Å². The van der Waals surface area contributed by atoms with Gasteiger partial charge in [0.2, 0.25) is 11.8 Å². The highest BCUT2D eigenvalue weighted by atomic mass is 16.3. The van der Waals surface area contributed by atoms with Gasteiger partial charge < -0.3 is 5.11 Å². The van der Waals surface area contributed by atoms with E-state index in [0.717, 1.165) is 11.0 Å². The lowest BCUT2D eigenvalue weighted by Gasteiger charge is -2.42. The average Bonchev–Trinajstić information content (AvgIpc) is 3.12. The first kappa shape index (κ1) is 23.6. The Morgan fingerprint density at radius 1 is 0.946 bits per heavy atom. The first-order valence-electron chi connectivity index (χ1n) is 12.8. The molecule has 2 aromatic carbocycles. The van der Waals surface area contributed by atoms with Crippen molar-refractivity contribution in [2.45, 2.75) is 52.0 Å². The van der Waals surface area contributed by atoms with E-state index in [2.05, 4.69) is 0 Å². The maximum absolute atomic E-state index is 13.8. The summed E-state index contributed by atoms with van der Waals surface area (Å²) in [5.41, 5.74) is 1.88. The van der Waals surface area contributed by atoms with E-state index in [0.29, 0.717) is 34.1 Å². The minimum absolute atomic E-state index is 0.0651. The molecule has 1 fully saturated rings. The van der Waals surface area contributed by atoms with E-state index in [4.69, 9.17) is 0 Å². The van der Waals surface area contributed by atoms with Crippen LogP contribution in [0.2, 0.25) is 0 Å². The zero-order valence-corrected chi connectivity index (χ0v) is 21.4. The maximum Gasteiger partial charge on any atom is 0.234 e. The van der Waals surface area contributed by atoms with Gasteiger partial charge >= 0.3 is 0 Å². The molecule has 2 aromatic rings. The fraction of sp³-hybridized carbons (Fsp3) is 0.355. The normalized spacial score (nSPS) is 27.7. The Hall–Kier alpha value is -3.80. The van der Waals surface area contributed by atoms with Gasteiger partial charge in [0, 0.05) is 39.1 Å². The van der Waals surface area contributed by atoms with E-state index in [9.17, 15) is 24.3 Å². The van der Waals surface area contributed by atoms with Crippen LogP contribution in [-0.4, -0.2) is 38.9 Å². The lowest BCUT2D eigenvalue weighted by Crippen LogP contribution is -2.46. The summed E-state index contributed by atoms with van der Waals surface area (Å²) < 4.78 is 0. The summed E-state index contributed by atoms with van der Waals surface area (Å²) >= 11 is 0. The Bertz CT molecular complexity index is 1530. The molecule has 1 heterocycles. The van der Waals surface area contributed by atoms with Crippen LogP contribution < -0.4 is 0 Å². The standard InChI is InChI=1S/C31H29NO5/c1-15-13-23(33)26-22(27(15)34)14-21-18(11-12-20-25(21)30(37)32(29(20)36)31(2,3)4)24(26)19-10-9-16-7-5-6-8-17(16)28(19)35/h5-11,13,20-21,24-25,35H,12,14H2,1-4H3/t20-,21+,24+,25-/m0/s1. The first-order valence-corrected chi connectivity index (χ1v) is 12.8. The fourth-order valence-corrected chi connectivity index (χ4v) is 6.90. The Labute approximate surface area is 215 Å². The highest BCUT2D eigenvalue weighted by Gasteiger charge is 2.58. The second kappa shape index (κ2) is 7.85. The van der Waals surface area contributed by atoms with Crippen LogP contribution in [0.15, 0.2) is 70.8 Å². The number of hydrogen-bond donors (Lipinski definition) is 1. The topological polar surface area (TPSA) is 91.8 Å². The van der Waals surface area contributed by atoms with Crippen molar-refractivity contribution >= 4 is 34.2 Å². The number of phenols is 1. The minimum atomic E-state index is -0.660. The number of likely N-dealkylation sites (tertiary alicyclic amines) is 1. The van der Waals surface area contributed by atoms with Crippen molar-refractivity contribution in [1.29, 1.82) is 0 Å². The number of benzene rings is 2. The number of nitrogens with zero attached hydrogens (tertiary/aromatic N) is 1. The zero-order valence-electron chi connectivity index (χ0n) is 21.4. The highest BCUT2D eigenvalue weighted by Crippen LogP contribution is 2.57. The number of fused-ring (bicyclic) bond motifs is 4. The largest absolute Gasteiger partial charge is 0.507 e. The molecule has 4 aliphatic rings. The summed E-state index contributed by atoms with van der Waals surface area (Å²) in [4.78, 5) is 55.3. The molecular weight excluding hydrogens is 466 g/mol. The van der Waals surface area contributed by atoms with E-state index in [1.807, 2.05) is 63.2 Å². The summed E-state index contributed by atoms with van der Waals surface area (Å²) in [6.07, 6.45) is 3.98. The summed E-state index contributed by atoms with van der Waals surface area (Å²) in [6, 6.07) is 11.2. The van der Waals surface area contributed by atoms with E-state index < -0.39 is 29.2 Å². The van der Waals surface area contributed by atoms with Crippen molar-refractivity contribution in [3.8, 4) is 5.75 Å². The number of phenolic OH excluding ortho intramolecular Hbond substituents is 1.